The van der Waals surface area contributed by atoms with Crippen molar-refractivity contribution in [3.05, 3.63) is 71.7 Å². The average Bonchev–Trinajstić information content (AvgIpc) is 2.81. The number of imidazole rings is 1. The van der Waals surface area contributed by atoms with E-state index in [0.29, 0.717) is 6.04 Å². The van der Waals surface area contributed by atoms with E-state index in [0.717, 1.165) is 17.9 Å². The molecule has 20 heavy (non-hydrogen) atoms. The highest BCUT2D eigenvalue weighted by Gasteiger charge is 2.10. The molecule has 3 nitrogen and oxygen atoms in total. The molecule has 0 bridgehead atoms. The van der Waals surface area contributed by atoms with Crippen molar-refractivity contribution in [2.75, 3.05) is 0 Å². The Labute approximate surface area is 119 Å². The van der Waals surface area contributed by atoms with Crippen LogP contribution in [-0.2, 0) is 6.54 Å². The van der Waals surface area contributed by atoms with Crippen LogP contribution in [0.15, 0.2) is 54.7 Å². The van der Waals surface area contributed by atoms with Crippen molar-refractivity contribution in [2.45, 2.75) is 26.4 Å². The molecule has 3 aromatic rings. The zero-order valence-electron chi connectivity index (χ0n) is 11.9. The van der Waals surface area contributed by atoms with Gasteiger partial charge in [0.05, 0.1) is 11.4 Å². The SMILES string of the molecule is Cc1nc2ccccn2c1CNC(C)c1ccccc1. The first-order valence-electron chi connectivity index (χ1n) is 6.96. The highest BCUT2D eigenvalue weighted by atomic mass is 15.0. The van der Waals surface area contributed by atoms with Gasteiger partial charge in [-0.1, -0.05) is 36.4 Å². The summed E-state index contributed by atoms with van der Waals surface area (Å²) >= 11 is 0. The Kier molecular flexibility index (Phi) is 3.52. The summed E-state index contributed by atoms with van der Waals surface area (Å²) in [6.45, 7) is 5.07. The minimum absolute atomic E-state index is 0.324. The van der Waals surface area contributed by atoms with Crippen molar-refractivity contribution in [3.8, 4) is 0 Å². The van der Waals surface area contributed by atoms with E-state index in [1.54, 1.807) is 0 Å². The lowest BCUT2D eigenvalue weighted by atomic mass is 10.1. The molecule has 1 unspecified atom stereocenters. The molecule has 1 aromatic carbocycles. The first-order valence-corrected chi connectivity index (χ1v) is 6.96. The molecule has 0 spiro atoms. The van der Waals surface area contributed by atoms with Gasteiger partial charge in [-0.05, 0) is 31.5 Å². The van der Waals surface area contributed by atoms with Crippen LogP contribution < -0.4 is 5.32 Å². The van der Waals surface area contributed by atoms with Crippen molar-refractivity contribution >= 4 is 5.65 Å². The summed E-state index contributed by atoms with van der Waals surface area (Å²) in [4.78, 5) is 4.59. The molecule has 0 aliphatic rings. The molecule has 102 valence electrons. The van der Waals surface area contributed by atoms with E-state index >= 15 is 0 Å². The van der Waals surface area contributed by atoms with Crippen LogP contribution in [0.4, 0.5) is 0 Å². The molecule has 0 aliphatic heterocycles. The fraction of sp³-hybridized carbons (Fsp3) is 0.235. The van der Waals surface area contributed by atoms with Crippen molar-refractivity contribution in [2.24, 2.45) is 0 Å². The number of aryl methyl sites for hydroxylation is 1. The number of hydrogen-bond acceptors (Lipinski definition) is 2. The Bertz CT molecular complexity index is 701. The third-order valence-corrected chi connectivity index (χ3v) is 3.70. The highest BCUT2D eigenvalue weighted by Crippen LogP contribution is 2.15. The minimum Gasteiger partial charge on any atom is -0.305 e. The lowest BCUT2D eigenvalue weighted by Crippen LogP contribution is -2.19. The maximum Gasteiger partial charge on any atom is 0.137 e. The number of nitrogens with one attached hydrogen (secondary N) is 1. The summed E-state index contributed by atoms with van der Waals surface area (Å²) in [6.07, 6.45) is 2.07. The molecule has 0 saturated carbocycles. The summed E-state index contributed by atoms with van der Waals surface area (Å²) in [5, 5.41) is 3.57. The summed E-state index contributed by atoms with van der Waals surface area (Å²) in [5.41, 5.74) is 4.63. The lowest BCUT2D eigenvalue weighted by Gasteiger charge is -2.14. The number of hydrogen-bond donors (Lipinski definition) is 1. The molecule has 1 atom stereocenters. The molecule has 0 aliphatic carbocycles. The smallest absolute Gasteiger partial charge is 0.137 e. The molecule has 3 heteroatoms. The first-order chi connectivity index (χ1) is 9.75. The van der Waals surface area contributed by atoms with Crippen molar-refractivity contribution < 1.29 is 0 Å². The normalized spacial score (nSPS) is 12.7. The zero-order chi connectivity index (χ0) is 13.9. The molecule has 0 fully saturated rings. The van der Waals surface area contributed by atoms with Gasteiger partial charge in [-0.25, -0.2) is 4.98 Å². The molecular formula is C17H19N3. The van der Waals surface area contributed by atoms with Gasteiger partial charge in [0.1, 0.15) is 5.65 Å². The first kappa shape index (κ1) is 12.9. The molecule has 3 rings (SSSR count). The van der Waals surface area contributed by atoms with E-state index in [9.17, 15) is 0 Å². The van der Waals surface area contributed by atoms with E-state index in [-0.39, 0.29) is 0 Å². The van der Waals surface area contributed by atoms with Gasteiger partial charge in [0.15, 0.2) is 0 Å². The predicted molar refractivity (Wildman–Crippen MR) is 81.6 cm³/mol. The monoisotopic (exact) mass is 265 g/mol. The molecule has 2 aromatic heterocycles. The Morgan fingerprint density at radius 1 is 1.10 bits per heavy atom. The van der Waals surface area contributed by atoms with Crippen LogP contribution in [0.25, 0.3) is 5.65 Å². The second kappa shape index (κ2) is 5.47. The Balaban J connectivity index is 1.79. The van der Waals surface area contributed by atoms with E-state index in [1.165, 1.54) is 11.3 Å². The largest absolute Gasteiger partial charge is 0.305 e. The number of nitrogens with zero attached hydrogens (tertiary/aromatic N) is 2. The fourth-order valence-corrected chi connectivity index (χ4v) is 2.49. The van der Waals surface area contributed by atoms with Gasteiger partial charge in [0.2, 0.25) is 0 Å². The standard InChI is InChI=1S/C17H19N3/c1-13(15-8-4-3-5-9-15)18-12-16-14(2)19-17-10-6-7-11-20(16)17/h3-11,13,18H,12H2,1-2H3. The second-order valence-corrected chi connectivity index (χ2v) is 5.09. The number of pyridine rings is 1. The summed E-state index contributed by atoms with van der Waals surface area (Å²) in [7, 11) is 0. The van der Waals surface area contributed by atoms with E-state index in [2.05, 4.69) is 59.0 Å². The molecule has 1 N–H and O–H groups in total. The number of rotatable bonds is 4. The van der Waals surface area contributed by atoms with Gasteiger partial charge >= 0.3 is 0 Å². The number of fused-ring (bicyclic) bond motifs is 1. The van der Waals surface area contributed by atoms with Gasteiger partial charge in [0, 0.05) is 18.8 Å². The molecule has 2 heterocycles. The van der Waals surface area contributed by atoms with Crippen LogP contribution in [-0.4, -0.2) is 9.38 Å². The maximum absolute atomic E-state index is 4.59. The van der Waals surface area contributed by atoms with E-state index in [4.69, 9.17) is 0 Å². The zero-order valence-corrected chi connectivity index (χ0v) is 11.9. The van der Waals surface area contributed by atoms with Crippen LogP contribution in [0.1, 0.15) is 29.9 Å². The molecular weight excluding hydrogens is 246 g/mol. The average molecular weight is 265 g/mol. The van der Waals surface area contributed by atoms with Crippen LogP contribution in [0.2, 0.25) is 0 Å². The highest BCUT2D eigenvalue weighted by molar-refractivity contribution is 5.42. The van der Waals surface area contributed by atoms with Gasteiger partial charge in [-0.15, -0.1) is 0 Å². The Morgan fingerprint density at radius 3 is 2.65 bits per heavy atom. The molecule has 0 radical (unpaired) electrons. The Hall–Kier alpha value is -2.13. The number of aromatic nitrogens is 2. The van der Waals surface area contributed by atoms with Crippen LogP contribution >= 0.6 is 0 Å². The van der Waals surface area contributed by atoms with Crippen molar-refractivity contribution in [1.82, 2.24) is 14.7 Å². The lowest BCUT2D eigenvalue weighted by molar-refractivity contribution is 0.564. The minimum atomic E-state index is 0.324. The van der Waals surface area contributed by atoms with Crippen LogP contribution in [0.3, 0.4) is 0 Å². The van der Waals surface area contributed by atoms with Gasteiger partial charge < -0.3 is 9.72 Å². The van der Waals surface area contributed by atoms with Crippen molar-refractivity contribution in [3.63, 3.8) is 0 Å². The van der Waals surface area contributed by atoms with E-state index < -0.39 is 0 Å². The summed E-state index contributed by atoms with van der Waals surface area (Å²) in [5.74, 6) is 0. The van der Waals surface area contributed by atoms with Gasteiger partial charge in [0.25, 0.3) is 0 Å². The Morgan fingerprint density at radius 2 is 1.85 bits per heavy atom. The third-order valence-electron chi connectivity index (χ3n) is 3.70. The molecule has 0 amide bonds. The topological polar surface area (TPSA) is 29.3 Å². The predicted octanol–water partition coefficient (Wildman–Crippen LogP) is 3.49. The van der Waals surface area contributed by atoms with Crippen LogP contribution in [0, 0.1) is 6.92 Å². The van der Waals surface area contributed by atoms with Crippen molar-refractivity contribution in [1.29, 1.82) is 0 Å². The van der Waals surface area contributed by atoms with Gasteiger partial charge in [-0.3, -0.25) is 0 Å². The molecule has 0 saturated heterocycles. The second-order valence-electron chi connectivity index (χ2n) is 5.09. The summed E-state index contributed by atoms with van der Waals surface area (Å²) in [6, 6.07) is 16.9. The summed E-state index contributed by atoms with van der Waals surface area (Å²) < 4.78 is 2.15. The fourth-order valence-electron chi connectivity index (χ4n) is 2.49. The van der Waals surface area contributed by atoms with Crippen LogP contribution in [0.5, 0.6) is 0 Å². The third kappa shape index (κ3) is 2.45. The number of benzene rings is 1. The van der Waals surface area contributed by atoms with Gasteiger partial charge in [-0.2, -0.15) is 0 Å². The maximum atomic E-state index is 4.59. The van der Waals surface area contributed by atoms with E-state index in [1.807, 2.05) is 24.3 Å². The quantitative estimate of drug-likeness (QED) is 0.782.